The van der Waals surface area contributed by atoms with Crippen LogP contribution in [0, 0.1) is 5.82 Å². The molecular formula is C34H29ClFN5O3. The summed E-state index contributed by atoms with van der Waals surface area (Å²) in [6, 6.07) is 23.3. The molecule has 2 amide bonds. The van der Waals surface area contributed by atoms with Gasteiger partial charge in [-0.05, 0) is 67.7 Å². The summed E-state index contributed by atoms with van der Waals surface area (Å²) in [4.78, 5) is 43.4. The van der Waals surface area contributed by atoms with Crippen LogP contribution in [0.5, 0.6) is 0 Å². The van der Waals surface area contributed by atoms with Gasteiger partial charge in [0.15, 0.2) is 5.78 Å². The molecule has 0 spiro atoms. The Kier molecular flexibility index (Phi) is 8.15. The van der Waals surface area contributed by atoms with E-state index < -0.39 is 11.7 Å². The van der Waals surface area contributed by atoms with E-state index in [4.69, 9.17) is 11.6 Å². The molecule has 0 radical (unpaired) electrons. The molecule has 6 rings (SSSR count). The van der Waals surface area contributed by atoms with Gasteiger partial charge in [-0.3, -0.25) is 14.4 Å². The molecule has 44 heavy (non-hydrogen) atoms. The average Bonchev–Trinajstić information content (AvgIpc) is 3.34. The van der Waals surface area contributed by atoms with Gasteiger partial charge in [0.2, 0.25) is 0 Å². The quantitative estimate of drug-likeness (QED) is 0.173. The molecule has 0 unspecified atom stereocenters. The van der Waals surface area contributed by atoms with Crippen LogP contribution in [0.4, 0.5) is 27.1 Å². The lowest BCUT2D eigenvalue weighted by Gasteiger charge is -2.34. The predicted octanol–water partition coefficient (Wildman–Crippen LogP) is 6.12. The fourth-order valence-corrected chi connectivity index (χ4v) is 5.40. The minimum absolute atomic E-state index is 0.165. The molecule has 0 saturated carbocycles. The molecule has 0 aliphatic carbocycles. The van der Waals surface area contributed by atoms with Crippen LogP contribution in [0.2, 0.25) is 5.02 Å². The van der Waals surface area contributed by atoms with Crippen molar-refractivity contribution in [1.29, 1.82) is 0 Å². The van der Waals surface area contributed by atoms with Crippen molar-refractivity contribution < 1.29 is 18.8 Å². The maximum absolute atomic E-state index is 14.2. The van der Waals surface area contributed by atoms with Gasteiger partial charge in [0.05, 0.1) is 11.1 Å². The summed E-state index contributed by atoms with van der Waals surface area (Å²) in [7, 11) is 2.13. The third-order valence-corrected chi connectivity index (χ3v) is 7.98. The van der Waals surface area contributed by atoms with Crippen molar-refractivity contribution in [3.05, 3.63) is 124 Å². The maximum Gasteiger partial charge on any atom is 0.258 e. The van der Waals surface area contributed by atoms with Gasteiger partial charge in [-0.1, -0.05) is 35.9 Å². The van der Waals surface area contributed by atoms with E-state index in [0.717, 1.165) is 37.9 Å². The molecule has 1 fully saturated rings. The van der Waals surface area contributed by atoms with Crippen molar-refractivity contribution in [3.8, 4) is 0 Å². The molecule has 4 aromatic carbocycles. The van der Waals surface area contributed by atoms with Crippen LogP contribution < -0.4 is 20.9 Å². The minimum atomic E-state index is -0.745. The number of piperazine rings is 1. The number of hydrogen-bond acceptors (Lipinski definition) is 6. The SMILES string of the molecule is CN1CCN(c2ccc(NC=C3C(=O)Nc4cc(C(=O)c5cccc(NC(=O)c6ccc(Cl)cc6F)c5)ccc43)cc2)CC1. The minimum Gasteiger partial charge on any atom is -0.369 e. The first-order valence-electron chi connectivity index (χ1n) is 14.1. The Morgan fingerprint density at radius 2 is 1.64 bits per heavy atom. The fraction of sp³-hybridized carbons (Fsp3) is 0.147. The van der Waals surface area contributed by atoms with Crippen molar-refractivity contribution in [3.63, 3.8) is 0 Å². The van der Waals surface area contributed by atoms with Crippen LogP contribution in [-0.4, -0.2) is 55.7 Å². The van der Waals surface area contributed by atoms with Crippen molar-refractivity contribution in [2.24, 2.45) is 0 Å². The number of likely N-dealkylation sites (N-methyl/N-ethyl adjacent to an activating group) is 1. The van der Waals surface area contributed by atoms with E-state index in [1.54, 1.807) is 42.6 Å². The third-order valence-electron chi connectivity index (χ3n) is 7.74. The van der Waals surface area contributed by atoms with Crippen LogP contribution >= 0.6 is 11.6 Å². The normalized spacial score (nSPS) is 15.6. The number of hydrogen-bond donors (Lipinski definition) is 3. The number of nitrogens with zero attached hydrogens (tertiary/aromatic N) is 2. The number of amides is 2. The van der Waals surface area contributed by atoms with Crippen LogP contribution in [0.15, 0.2) is 91.1 Å². The van der Waals surface area contributed by atoms with Crippen molar-refractivity contribution in [2.45, 2.75) is 0 Å². The van der Waals surface area contributed by atoms with Crippen LogP contribution in [0.1, 0.15) is 31.8 Å². The van der Waals surface area contributed by atoms with Gasteiger partial charge in [-0.25, -0.2) is 4.39 Å². The zero-order chi connectivity index (χ0) is 30.8. The summed E-state index contributed by atoms with van der Waals surface area (Å²) in [5, 5.41) is 8.86. The van der Waals surface area contributed by atoms with Gasteiger partial charge in [0.1, 0.15) is 5.82 Å². The smallest absolute Gasteiger partial charge is 0.258 e. The fourth-order valence-electron chi connectivity index (χ4n) is 5.24. The van der Waals surface area contributed by atoms with E-state index >= 15 is 0 Å². The van der Waals surface area contributed by atoms with Crippen LogP contribution in [-0.2, 0) is 4.79 Å². The van der Waals surface area contributed by atoms with E-state index in [9.17, 15) is 18.8 Å². The predicted molar refractivity (Wildman–Crippen MR) is 172 cm³/mol. The Hall–Kier alpha value is -4.99. The zero-order valence-corrected chi connectivity index (χ0v) is 24.6. The number of carbonyl (C=O) groups is 3. The number of halogens is 2. The highest BCUT2D eigenvalue weighted by molar-refractivity contribution is 6.32. The molecule has 4 aromatic rings. The Bertz CT molecular complexity index is 1800. The number of ketones is 1. The molecule has 222 valence electrons. The van der Waals surface area contributed by atoms with Gasteiger partial charge in [-0.2, -0.15) is 0 Å². The van der Waals surface area contributed by atoms with Crippen molar-refractivity contribution in [1.82, 2.24) is 4.90 Å². The van der Waals surface area contributed by atoms with Crippen LogP contribution in [0.3, 0.4) is 0 Å². The Labute approximate surface area is 259 Å². The van der Waals surface area contributed by atoms with Gasteiger partial charge in [-0.15, -0.1) is 0 Å². The summed E-state index contributed by atoms with van der Waals surface area (Å²) in [6.45, 7) is 4.04. The van der Waals surface area contributed by atoms with E-state index in [1.807, 2.05) is 12.1 Å². The van der Waals surface area contributed by atoms with Crippen molar-refractivity contribution in [2.75, 3.05) is 54.1 Å². The first kappa shape index (κ1) is 29.1. The highest BCUT2D eigenvalue weighted by Gasteiger charge is 2.25. The second-order valence-corrected chi connectivity index (χ2v) is 11.2. The molecule has 1 saturated heterocycles. The number of benzene rings is 4. The number of fused-ring (bicyclic) bond motifs is 1. The Morgan fingerprint density at radius 3 is 2.39 bits per heavy atom. The largest absolute Gasteiger partial charge is 0.369 e. The summed E-state index contributed by atoms with van der Waals surface area (Å²) < 4.78 is 14.2. The Morgan fingerprint density at radius 1 is 0.886 bits per heavy atom. The first-order chi connectivity index (χ1) is 21.2. The number of carbonyl (C=O) groups excluding carboxylic acids is 3. The lowest BCUT2D eigenvalue weighted by atomic mass is 9.99. The topological polar surface area (TPSA) is 93.8 Å². The molecule has 3 N–H and O–H groups in total. The number of anilines is 4. The first-order valence-corrected chi connectivity index (χ1v) is 14.5. The maximum atomic E-state index is 14.2. The van der Waals surface area contributed by atoms with Gasteiger partial charge >= 0.3 is 0 Å². The van der Waals surface area contributed by atoms with Gasteiger partial charge < -0.3 is 25.8 Å². The molecule has 2 aliphatic rings. The van der Waals surface area contributed by atoms with Crippen LogP contribution in [0.25, 0.3) is 5.57 Å². The van der Waals surface area contributed by atoms with E-state index in [2.05, 4.69) is 44.9 Å². The summed E-state index contributed by atoms with van der Waals surface area (Å²) in [6.07, 6.45) is 1.67. The lowest BCUT2D eigenvalue weighted by Crippen LogP contribution is -2.44. The molecule has 0 bridgehead atoms. The molecule has 2 aliphatic heterocycles. The average molecular weight is 610 g/mol. The molecule has 8 nitrogen and oxygen atoms in total. The third kappa shape index (κ3) is 6.20. The summed E-state index contributed by atoms with van der Waals surface area (Å²) in [5.74, 6) is -1.98. The van der Waals surface area contributed by atoms with Crippen molar-refractivity contribution >= 4 is 57.5 Å². The second-order valence-electron chi connectivity index (χ2n) is 10.7. The second kappa shape index (κ2) is 12.3. The van der Waals surface area contributed by atoms with Gasteiger partial charge in [0, 0.05) is 76.8 Å². The number of nitrogens with one attached hydrogen (secondary N) is 3. The monoisotopic (exact) mass is 609 g/mol. The highest BCUT2D eigenvalue weighted by Crippen LogP contribution is 2.33. The van der Waals surface area contributed by atoms with E-state index in [0.29, 0.717) is 33.6 Å². The molecule has 0 atom stereocenters. The van der Waals surface area contributed by atoms with Gasteiger partial charge in [0.25, 0.3) is 11.8 Å². The highest BCUT2D eigenvalue weighted by atomic mass is 35.5. The van der Waals surface area contributed by atoms with E-state index in [-0.39, 0.29) is 22.3 Å². The summed E-state index contributed by atoms with van der Waals surface area (Å²) in [5.41, 5.74) is 4.54. The Balaban J connectivity index is 1.14. The summed E-state index contributed by atoms with van der Waals surface area (Å²) >= 11 is 5.78. The van der Waals surface area contributed by atoms with E-state index in [1.165, 1.54) is 23.9 Å². The standard InChI is InChI=1S/C34H29ClFN5O3/c1-40-13-15-41(16-14-40)26-9-7-24(8-10-26)37-20-29-27-11-5-22(18-31(27)39-34(29)44)32(42)21-3-2-4-25(17-21)38-33(43)28-12-6-23(35)19-30(28)36/h2-12,17-20,37H,13-16H2,1H3,(H,38,43)(H,39,44). The lowest BCUT2D eigenvalue weighted by molar-refractivity contribution is -0.110. The molecule has 0 aromatic heterocycles. The molecule has 2 heterocycles. The number of rotatable bonds is 7. The molecular weight excluding hydrogens is 581 g/mol. The molecule has 10 heteroatoms. The zero-order valence-electron chi connectivity index (χ0n) is 23.9.